The molecule has 274 valence electrons. The second-order valence-electron chi connectivity index (χ2n) is 13.8. The second kappa shape index (κ2) is 15.9. The van der Waals surface area contributed by atoms with Crippen LogP contribution in [0.2, 0.25) is 0 Å². The molecule has 3 aliphatic rings. The molecule has 12 heteroatoms. The molecule has 4 aromatic carbocycles. The number of aromatic nitrogens is 1. The van der Waals surface area contributed by atoms with Crippen molar-refractivity contribution in [3.8, 4) is 11.5 Å². The van der Waals surface area contributed by atoms with Crippen LogP contribution < -0.4 is 20.9 Å². The minimum Gasteiger partial charge on any atom is -0.506 e. The predicted molar refractivity (Wildman–Crippen MR) is 201 cm³/mol. The van der Waals surface area contributed by atoms with Crippen LogP contribution in [0.25, 0.3) is 10.9 Å². The molecule has 2 amide bonds. The monoisotopic (exact) mass is 717 g/mol. The Kier molecular flexibility index (Phi) is 10.7. The molecule has 3 aliphatic heterocycles. The SMILES string of the molecule is O=C(COc1cccc(C(c2ccccc2)N(C(=O)O)[C@H]2CN3CCC2CC3)c1)Nc1cccc(CNC[C@@H](O)c2ccc(O)c3[nH]c(=O)ccc23)c1. The molecular formula is C41H43N5O7. The number of anilines is 1. The highest BCUT2D eigenvalue weighted by molar-refractivity contribution is 5.92. The molecule has 4 heterocycles. The van der Waals surface area contributed by atoms with Crippen molar-refractivity contribution in [1.29, 1.82) is 0 Å². The number of carbonyl (C=O) groups excluding carboxylic acids is 1. The molecule has 3 atom stereocenters. The number of rotatable bonds is 13. The van der Waals surface area contributed by atoms with Crippen LogP contribution in [0.4, 0.5) is 10.5 Å². The van der Waals surface area contributed by atoms with Crippen molar-refractivity contribution in [3.05, 3.63) is 136 Å². The molecule has 1 unspecified atom stereocenters. The van der Waals surface area contributed by atoms with Crippen LogP contribution in [-0.2, 0) is 11.3 Å². The number of fused-ring (bicyclic) bond motifs is 4. The fourth-order valence-corrected chi connectivity index (χ4v) is 7.73. The summed E-state index contributed by atoms with van der Waals surface area (Å²) in [5.74, 6) is 0.346. The number of aliphatic hydroxyl groups excluding tert-OH is 1. The lowest BCUT2D eigenvalue weighted by Gasteiger charge is -2.50. The average molecular weight is 718 g/mol. The van der Waals surface area contributed by atoms with E-state index in [1.165, 1.54) is 12.1 Å². The highest BCUT2D eigenvalue weighted by Crippen LogP contribution is 2.39. The average Bonchev–Trinajstić information content (AvgIpc) is 3.17. The summed E-state index contributed by atoms with van der Waals surface area (Å²) in [4.78, 5) is 44.3. The van der Waals surface area contributed by atoms with E-state index >= 15 is 0 Å². The highest BCUT2D eigenvalue weighted by atomic mass is 16.5. The van der Waals surface area contributed by atoms with Gasteiger partial charge in [0.1, 0.15) is 11.5 Å². The number of H-pyrrole nitrogens is 1. The molecule has 0 aliphatic carbocycles. The van der Waals surface area contributed by atoms with Gasteiger partial charge in [-0.25, -0.2) is 4.79 Å². The maximum Gasteiger partial charge on any atom is 0.408 e. The minimum absolute atomic E-state index is 0.0713. The predicted octanol–water partition coefficient (Wildman–Crippen LogP) is 5.24. The zero-order valence-corrected chi connectivity index (χ0v) is 29.2. The molecular weight excluding hydrogens is 674 g/mol. The summed E-state index contributed by atoms with van der Waals surface area (Å²) >= 11 is 0. The first kappa shape index (κ1) is 35.7. The van der Waals surface area contributed by atoms with Crippen LogP contribution in [0, 0.1) is 5.92 Å². The fourth-order valence-electron chi connectivity index (χ4n) is 7.73. The van der Waals surface area contributed by atoms with Gasteiger partial charge in [-0.1, -0.05) is 60.7 Å². The number of amides is 2. The Labute approximate surface area is 306 Å². The van der Waals surface area contributed by atoms with Crippen molar-refractivity contribution >= 4 is 28.6 Å². The van der Waals surface area contributed by atoms with Crippen LogP contribution in [0.3, 0.4) is 0 Å². The normalized spacial score (nSPS) is 19.0. The first-order valence-corrected chi connectivity index (χ1v) is 17.9. The quantitative estimate of drug-likeness (QED) is 0.0955. The van der Waals surface area contributed by atoms with Gasteiger partial charge in [0.25, 0.3) is 5.91 Å². The topological polar surface area (TPSA) is 167 Å². The number of phenols is 1. The van der Waals surface area contributed by atoms with Gasteiger partial charge in [-0.15, -0.1) is 0 Å². The molecule has 0 spiro atoms. The summed E-state index contributed by atoms with van der Waals surface area (Å²) in [7, 11) is 0. The zero-order chi connectivity index (χ0) is 36.9. The first-order valence-electron chi connectivity index (χ1n) is 17.9. The Morgan fingerprint density at radius 2 is 1.70 bits per heavy atom. The van der Waals surface area contributed by atoms with Gasteiger partial charge >= 0.3 is 6.09 Å². The number of ether oxygens (including phenoxy) is 1. The Balaban J connectivity index is 0.975. The molecule has 1 aromatic heterocycles. The summed E-state index contributed by atoms with van der Waals surface area (Å²) in [5.41, 5.74) is 3.60. The van der Waals surface area contributed by atoms with Gasteiger partial charge in [-0.2, -0.15) is 0 Å². The number of pyridine rings is 1. The number of aromatic amines is 1. The number of hydrogen-bond donors (Lipinski definition) is 6. The van der Waals surface area contributed by atoms with E-state index < -0.39 is 18.2 Å². The van der Waals surface area contributed by atoms with Crippen molar-refractivity contribution in [1.82, 2.24) is 20.1 Å². The fraction of sp³-hybridized carbons (Fsp3) is 0.293. The number of benzene rings is 4. The van der Waals surface area contributed by atoms with Gasteiger partial charge in [0.2, 0.25) is 5.56 Å². The molecule has 0 radical (unpaired) electrons. The third-order valence-corrected chi connectivity index (χ3v) is 10.3. The molecule has 6 N–H and O–H groups in total. The second-order valence-corrected chi connectivity index (χ2v) is 13.8. The molecule has 53 heavy (non-hydrogen) atoms. The van der Waals surface area contributed by atoms with Crippen LogP contribution >= 0.6 is 0 Å². The van der Waals surface area contributed by atoms with Gasteiger partial charge in [-0.3, -0.25) is 14.5 Å². The Bertz CT molecular complexity index is 2130. The molecule has 2 bridgehead atoms. The van der Waals surface area contributed by atoms with Crippen LogP contribution in [0.15, 0.2) is 108 Å². The number of carboxylic acid groups (broad SMARTS) is 1. The van der Waals surface area contributed by atoms with Crippen LogP contribution in [0.5, 0.6) is 11.5 Å². The molecule has 8 rings (SSSR count). The van der Waals surface area contributed by atoms with Gasteiger partial charge in [0, 0.05) is 36.8 Å². The van der Waals surface area contributed by atoms with E-state index in [0.29, 0.717) is 34.8 Å². The number of piperidine rings is 3. The van der Waals surface area contributed by atoms with Crippen molar-refractivity contribution < 1.29 is 29.6 Å². The smallest absolute Gasteiger partial charge is 0.408 e. The van der Waals surface area contributed by atoms with E-state index in [1.807, 2.05) is 66.7 Å². The van der Waals surface area contributed by atoms with Crippen molar-refractivity contribution in [2.45, 2.75) is 37.6 Å². The van der Waals surface area contributed by atoms with E-state index in [0.717, 1.165) is 49.2 Å². The lowest BCUT2D eigenvalue weighted by molar-refractivity contribution is -0.118. The third kappa shape index (κ3) is 8.20. The number of hydrogen-bond acceptors (Lipinski definition) is 8. The van der Waals surface area contributed by atoms with E-state index in [-0.39, 0.29) is 41.9 Å². The van der Waals surface area contributed by atoms with Crippen molar-refractivity contribution in [3.63, 3.8) is 0 Å². The minimum atomic E-state index is -0.957. The number of nitrogens with one attached hydrogen (secondary N) is 3. The number of phenolic OH excluding ortho intramolecular Hbond substituents is 1. The zero-order valence-electron chi connectivity index (χ0n) is 29.2. The number of carbonyl (C=O) groups is 2. The Morgan fingerprint density at radius 3 is 2.45 bits per heavy atom. The van der Waals surface area contributed by atoms with Crippen LogP contribution in [-0.4, -0.2) is 80.9 Å². The molecule has 3 fully saturated rings. The maximum absolute atomic E-state index is 13.0. The third-order valence-electron chi connectivity index (χ3n) is 10.3. The van der Waals surface area contributed by atoms with Gasteiger partial charge in [0.05, 0.1) is 23.7 Å². The molecule has 12 nitrogen and oxygen atoms in total. The number of aliphatic hydroxyl groups is 1. The summed E-state index contributed by atoms with van der Waals surface area (Å²) in [6.45, 7) is 3.10. The standard InChI is InChI=1S/C41H43N5O7/c47-35-14-12-32(33-13-15-37(49)44-39(33)35)36(48)23-42-22-26-6-4-10-30(20-26)43-38(50)25-53-31-11-5-9-29(21-31)40(28-7-2-1-3-8-28)46(41(51)52)34-24-45-18-16-27(34)17-19-45/h1-15,20-21,27,34,36,40,42,47-48H,16-19,22-25H2,(H,43,50)(H,44,49)(H,51,52)/t34-,36+,40?/m0/s1. The van der Waals surface area contributed by atoms with E-state index in [2.05, 4.69) is 20.5 Å². The Morgan fingerprint density at radius 1 is 0.925 bits per heavy atom. The summed E-state index contributed by atoms with van der Waals surface area (Å²) < 4.78 is 5.95. The van der Waals surface area contributed by atoms with E-state index in [1.54, 1.807) is 29.2 Å². The number of aromatic hydroxyl groups is 1. The molecule has 3 saturated heterocycles. The number of nitrogens with zero attached hydrogens (tertiary/aromatic N) is 2. The van der Waals surface area contributed by atoms with E-state index in [9.17, 15) is 29.7 Å². The lowest BCUT2D eigenvalue weighted by Crippen LogP contribution is -2.59. The lowest BCUT2D eigenvalue weighted by atomic mass is 9.81. The maximum atomic E-state index is 13.0. The summed E-state index contributed by atoms with van der Waals surface area (Å²) in [6, 6.07) is 29.7. The largest absolute Gasteiger partial charge is 0.506 e. The molecule has 5 aromatic rings. The van der Waals surface area contributed by atoms with Gasteiger partial charge < -0.3 is 40.6 Å². The summed E-state index contributed by atoms with van der Waals surface area (Å²) in [5, 5.41) is 38.3. The highest BCUT2D eigenvalue weighted by Gasteiger charge is 2.43. The van der Waals surface area contributed by atoms with Crippen molar-refractivity contribution in [2.75, 3.05) is 38.1 Å². The van der Waals surface area contributed by atoms with E-state index in [4.69, 9.17) is 4.74 Å². The van der Waals surface area contributed by atoms with Gasteiger partial charge in [-0.05, 0) is 90.5 Å². The first-order chi connectivity index (χ1) is 25.7. The van der Waals surface area contributed by atoms with Crippen LogP contribution in [0.1, 0.15) is 47.2 Å². The van der Waals surface area contributed by atoms with Gasteiger partial charge in [0.15, 0.2) is 6.61 Å². The van der Waals surface area contributed by atoms with Crippen molar-refractivity contribution in [2.24, 2.45) is 5.92 Å². The Hall–Kier alpha value is -5.69. The summed E-state index contributed by atoms with van der Waals surface area (Å²) in [6.07, 6.45) is 0.111. The molecule has 0 saturated carbocycles.